The van der Waals surface area contributed by atoms with Crippen molar-refractivity contribution in [2.24, 2.45) is 0 Å². The number of methoxy groups -OCH3 is 1. The van der Waals surface area contributed by atoms with Crippen LogP contribution in [0.5, 0.6) is 0 Å². The lowest BCUT2D eigenvalue weighted by molar-refractivity contribution is -0.139. The van der Waals surface area contributed by atoms with E-state index in [2.05, 4.69) is 9.46 Å². The maximum absolute atomic E-state index is 11.5. The number of carbonyl (C=O) groups excluding carboxylic acids is 1. The van der Waals surface area contributed by atoms with Crippen molar-refractivity contribution in [2.45, 2.75) is 19.4 Å². The zero-order valence-corrected chi connectivity index (χ0v) is 10.8. The number of hydrogen-bond acceptors (Lipinski definition) is 6. The monoisotopic (exact) mass is 269 g/mol. The largest absolute Gasteiger partial charge is 0.465 e. The van der Waals surface area contributed by atoms with E-state index in [1.807, 2.05) is 0 Å². The van der Waals surface area contributed by atoms with E-state index in [0.717, 1.165) is 0 Å². The Bertz CT molecular complexity index is 309. The molecule has 0 fully saturated rings. The highest BCUT2D eigenvalue weighted by Crippen LogP contribution is 1.97. The highest BCUT2D eigenvalue weighted by atomic mass is 32.2. The van der Waals surface area contributed by atoms with Crippen molar-refractivity contribution in [1.82, 2.24) is 4.72 Å². The summed E-state index contributed by atoms with van der Waals surface area (Å²) in [5.41, 5.74) is 0. The van der Waals surface area contributed by atoms with Gasteiger partial charge >= 0.3 is 5.97 Å². The topological polar surface area (TPSA) is 102 Å². The van der Waals surface area contributed by atoms with Crippen molar-refractivity contribution in [3.8, 4) is 0 Å². The van der Waals surface area contributed by atoms with Gasteiger partial charge in [0, 0.05) is 19.8 Å². The molecule has 1 unspecified atom stereocenters. The van der Waals surface area contributed by atoms with E-state index in [4.69, 9.17) is 9.84 Å². The van der Waals surface area contributed by atoms with Crippen LogP contribution in [0.4, 0.5) is 0 Å². The molecule has 2 N–H and O–H groups in total. The van der Waals surface area contributed by atoms with Crippen LogP contribution in [0.2, 0.25) is 0 Å². The molecule has 0 aromatic rings. The summed E-state index contributed by atoms with van der Waals surface area (Å²) < 4.78 is 34.7. The first kappa shape index (κ1) is 16.3. The zero-order valence-electron chi connectivity index (χ0n) is 10.0. The molecule has 0 rings (SSSR count). The van der Waals surface area contributed by atoms with Gasteiger partial charge in [-0.05, 0) is 13.3 Å². The summed E-state index contributed by atoms with van der Waals surface area (Å²) in [5.74, 6) is -1.54. The highest BCUT2D eigenvalue weighted by molar-refractivity contribution is 7.90. The lowest BCUT2D eigenvalue weighted by Crippen LogP contribution is -2.41. The van der Waals surface area contributed by atoms with Gasteiger partial charge in [-0.1, -0.05) is 0 Å². The summed E-state index contributed by atoms with van der Waals surface area (Å²) in [4.78, 5) is 11.0. The van der Waals surface area contributed by atoms with Gasteiger partial charge in [0.15, 0.2) is 5.75 Å². The molecule has 7 nitrogen and oxygen atoms in total. The fourth-order valence-corrected chi connectivity index (χ4v) is 2.36. The quantitative estimate of drug-likeness (QED) is 0.513. The average Bonchev–Trinajstić information content (AvgIpc) is 2.16. The molecule has 0 aliphatic heterocycles. The number of rotatable bonds is 9. The maximum atomic E-state index is 11.5. The second kappa shape index (κ2) is 8.40. The molecular formula is C9H19NO6S. The first-order chi connectivity index (χ1) is 7.95. The van der Waals surface area contributed by atoms with Gasteiger partial charge in [-0.3, -0.25) is 4.79 Å². The number of nitrogens with one attached hydrogen (secondary N) is 1. The van der Waals surface area contributed by atoms with Crippen molar-refractivity contribution in [3.63, 3.8) is 0 Å². The number of hydrogen-bond donors (Lipinski definition) is 2. The van der Waals surface area contributed by atoms with Crippen LogP contribution in [-0.2, 0) is 24.3 Å². The van der Waals surface area contributed by atoms with Crippen molar-refractivity contribution < 1.29 is 27.8 Å². The van der Waals surface area contributed by atoms with E-state index in [0.29, 0.717) is 0 Å². The Morgan fingerprint density at radius 3 is 2.59 bits per heavy atom. The molecule has 0 saturated carbocycles. The van der Waals surface area contributed by atoms with Gasteiger partial charge in [0.25, 0.3) is 0 Å². The zero-order chi connectivity index (χ0) is 13.3. The van der Waals surface area contributed by atoms with E-state index in [1.165, 1.54) is 7.11 Å². The molecule has 0 aliphatic carbocycles. The van der Waals surface area contributed by atoms with Crippen LogP contribution in [0, 0.1) is 0 Å². The maximum Gasteiger partial charge on any atom is 0.322 e. The molecule has 0 radical (unpaired) electrons. The number of carbonyl (C=O) groups is 1. The second-order valence-electron chi connectivity index (χ2n) is 3.35. The van der Waals surface area contributed by atoms with Gasteiger partial charge in [0.2, 0.25) is 10.0 Å². The molecule has 0 amide bonds. The van der Waals surface area contributed by atoms with Crippen molar-refractivity contribution in [2.75, 3.05) is 32.7 Å². The Morgan fingerprint density at radius 2 is 2.12 bits per heavy atom. The molecule has 0 aromatic heterocycles. The highest BCUT2D eigenvalue weighted by Gasteiger charge is 2.21. The summed E-state index contributed by atoms with van der Waals surface area (Å²) in [6.45, 7) is 1.68. The average molecular weight is 269 g/mol. The molecule has 0 bridgehead atoms. The van der Waals surface area contributed by atoms with Crippen LogP contribution in [0.15, 0.2) is 0 Å². The number of aliphatic hydroxyl groups is 1. The molecular weight excluding hydrogens is 250 g/mol. The minimum atomic E-state index is -3.76. The van der Waals surface area contributed by atoms with E-state index in [-0.39, 0.29) is 26.2 Å². The SMILES string of the molecule is CCOC(=O)CS(=O)(=O)NC(CCO)COC. The van der Waals surface area contributed by atoms with Crippen molar-refractivity contribution >= 4 is 16.0 Å². The predicted octanol–water partition coefficient (Wildman–Crippen LogP) is -1.13. The molecule has 8 heteroatoms. The van der Waals surface area contributed by atoms with E-state index in [9.17, 15) is 13.2 Å². The summed E-state index contributed by atoms with van der Waals surface area (Å²) in [6, 6.07) is -0.551. The smallest absolute Gasteiger partial charge is 0.322 e. The molecule has 102 valence electrons. The Labute approximate surface area is 101 Å². The van der Waals surface area contributed by atoms with E-state index in [1.54, 1.807) is 6.92 Å². The predicted molar refractivity (Wildman–Crippen MR) is 60.9 cm³/mol. The number of sulfonamides is 1. The molecule has 0 saturated heterocycles. The second-order valence-corrected chi connectivity index (χ2v) is 5.10. The number of aliphatic hydroxyl groups excluding tert-OH is 1. The lowest BCUT2D eigenvalue weighted by atomic mass is 10.2. The van der Waals surface area contributed by atoms with Crippen LogP contribution in [0.1, 0.15) is 13.3 Å². The first-order valence-corrected chi connectivity index (χ1v) is 6.85. The summed E-state index contributed by atoms with van der Waals surface area (Å²) in [5, 5.41) is 8.74. The van der Waals surface area contributed by atoms with Gasteiger partial charge in [-0.15, -0.1) is 0 Å². The third-order valence-electron chi connectivity index (χ3n) is 1.80. The van der Waals surface area contributed by atoms with Crippen LogP contribution < -0.4 is 4.72 Å². The van der Waals surface area contributed by atoms with Crippen molar-refractivity contribution in [3.05, 3.63) is 0 Å². The summed E-state index contributed by atoms with van der Waals surface area (Å²) in [6.07, 6.45) is 0.218. The molecule has 0 heterocycles. The Morgan fingerprint density at radius 1 is 1.47 bits per heavy atom. The molecule has 0 aromatic carbocycles. The third-order valence-corrected chi connectivity index (χ3v) is 3.11. The number of esters is 1. The van der Waals surface area contributed by atoms with E-state index >= 15 is 0 Å². The van der Waals surface area contributed by atoms with Crippen LogP contribution in [-0.4, -0.2) is 58.2 Å². The van der Waals surface area contributed by atoms with Crippen molar-refractivity contribution in [1.29, 1.82) is 0 Å². The van der Waals surface area contributed by atoms with Gasteiger partial charge in [-0.2, -0.15) is 0 Å². The van der Waals surface area contributed by atoms with Gasteiger partial charge < -0.3 is 14.6 Å². The van der Waals surface area contributed by atoms with Crippen LogP contribution in [0.3, 0.4) is 0 Å². The molecule has 17 heavy (non-hydrogen) atoms. The van der Waals surface area contributed by atoms with Gasteiger partial charge in [0.05, 0.1) is 13.2 Å². The fourth-order valence-electron chi connectivity index (χ4n) is 1.19. The molecule has 0 spiro atoms. The molecule has 1 atom stereocenters. The Hall–Kier alpha value is -0.700. The standard InChI is InChI=1S/C9H19NO6S/c1-3-16-9(12)7-17(13,14)10-8(4-5-11)6-15-2/h8,10-11H,3-7H2,1-2H3. The first-order valence-electron chi connectivity index (χ1n) is 5.20. The Kier molecular flexibility index (Phi) is 8.05. The summed E-state index contributed by atoms with van der Waals surface area (Å²) in [7, 11) is -2.34. The minimum Gasteiger partial charge on any atom is -0.465 e. The molecule has 0 aliphatic rings. The van der Waals surface area contributed by atoms with Crippen LogP contribution in [0.25, 0.3) is 0 Å². The lowest BCUT2D eigenvalue weighted by Gasteiger charge is -2.16. The Balaban J connectivity index is 4.34. The normalized spacial score (nSPS) is 13.4. The van der Waals surface area contributed by atoms with E-state index < -0.39 is 27.8 Å². The minimum absolute atomic E-state index is 0.128. The van der Waals surface area contributed by atoms with Crippen LogP contribution >= 0.6 is 0 Å². The number of ether oxygens (including phenoxy) is 2. The van der Waals surface area contributed by atoms with Gasteiger partial charge in [-0.25, -0.2) is 13.1 Å². The van der Waals surface area contributed by atoms with Gasteiger partial charge in [0.1, 0.15) is 0 Å². The fraction of sp³-hybridized carbons (Fsp3) is 0.889. The third kappa shape index (κ3) is 8.08. The summed E-state index contributed by atoms with van der Waals surface area (Å²) >= 11 is 0.